The summed E-state index contributed by atoms with van der Waals surface area (Å²) in [5.41, 5.74) is 4.44. The SMILES string of the molecule is CCc1ccc(C(=O)/C=C/[n+]2cccc(Cc3ccccc3)c2)cc1.[Cl-]. The van der Waals surface area contributed by atoms with Crippen LogP contribution in [-0.4, -0.2) is 5.78 Å². The predicted octanol–water partition coefficient (Wildman–Crippen LogP) is 1.48. The Balaban J connectivity index is 0.00000243. The van der Waals surface area contributed by atoms with Gasteiger partial charge in [0.15, 0.2) is 24.4 Å². The molecule has 2 nitrogen and oxygen atoms in total. The maximum Gasteiger partial charge on any atom is 0.191 e. The molecule has 0 amide bonds. The highest BCUT2D eigenvalue weighted by Gasteiger charge is 2.05. The number of carbonyl (C=O) groups excluding carboxylic acids is 1. The first kappa shape index (κ1) is 19.6. The zero-order chi connectivity index (χ0) is 17.5. The number of hydrogen-bond donors (Lipinski definition) is 0. The van der Waals surface area contributed by atoms with Crippen LogP contribution in [-0.2, 0) is 12.8 Å². The van der Waals surface area contributed by atoms with Gasteiger partial charge in [-0.05, 0) is 23.6 Å². The van der Waals surface area contributed by atoms with Gasteiger partial charge in [-0.15, -0.1) is 0 Å². The molecule has 0 atom stereocenters. The molecule has 3 aromatic rings. The second-order valence-electron chi connectivity index (χ2n) is 6.05. The van der Waals surface area contributed by atoms with Crippen LogP contribution >= 0.6 is 0 Å². The second kappa shape index (κ2) is 9.69. The molecule has 0 unspecified atom stereocenters. The number of pyridine rings is 1. The summed E-state index contributed by atoms with van der Waals surface area (Å²) in [6.45, 7) is 2.11. The lowest BCUT2D eigenvalue weighted by molar-refractivity contribution is -0.568. The summed E-state index contributed by atoms with van der Waals surface area (Å²) in [7, 11) is 0. The van der Waals surface area contributed by atoms with Gasteiger partial charge in [0.25, 0.3) is 0 Å². The average molecular weight is 364 g/mol. The van der Waals surface area contributed by atoms with Crippen molar-refractivity contribution in [3.63, 3.8) is 0 Å². The molecule has 0 fully saturated rings. The monoisotopic (exact) mass is 363 g/mol. The fourth-order valence-corrected chi connectivity index (χ4v) is 2.73. The van der Waals surface area contributed by atoms with Gasteiger partial charge in [0.1, 0.15) is 0 Å². The smallest absolute Gasteiger partial charge is 0.191 e. The van der Waals surface area contributed by atoms with E-state index in [0.717, 1.165) is 18.4 Å². The van der Waals surface area contributed by atoms with Gasteiger partial charge in [0, 0.05) is 23.6 Å². The molecule has 2 aromatic carbocycles. The molecule has 0 aliphatic heterocycles. The van der Waals surface area contributed by atoms with E-state index >= 15 is 0 Å². The van der Waals surface area contributed by atoms with E-state index in [1.807, 2.05) is 53.4 Å². The van der Waals surface area contributed by atoms with Crippen molar-refractivity contribution in [2.45, 2.75) is 19.8 Å². The Kier molecular flexibility index (Phi) is 7.31. The quantitative estimate of drug-likeness (QED) is 0.369. The van der Waals surface area contributed by atoms with E-state index in [-0.39, 0.29) is 18.2 Å². The van der Waals surface area contributed by atoms with Gasteiger partial charge in [-0.25, -0.2) is 0 Å². The van der Waals surface area contributed by atoms with Gasteiger partial charge >= 0.3 is 0 Å². The molecule has 0 spiro atoms. The third kappa shape index (κ3) is 5.40. The van der Waals surface area contributed by atoms with E-state index in [1.165, 1.54) is 16.7 Å². The summed E-state index contributed by atoms with van der Waals surface area (Å²) in [5.74, 6) is 0.0172. The lowest BCUT2D eigenvalue weighted by Gasteiger charge is -2.00. The van der Waals surface area contributed by atoms with Gasteiger partial charge < -0.3 is 12.4 Å². The number of allylic oxidation sites excluding steroid dienone is 1. The predicted molar refractivity (Wildman–Crippen MR) is 101 cm³/mol. The minimum atomic E-state index is 0. The molecule has 0 saturated heterocycles. The minimum Gasteiger partial charge on any atom is -1.00 e. The van der Waals surface area contributed by atoms with Crippen LogP contribution in [0.4, 0.5) is 0 Å². The highest BCUT2D eigenvalue weighted by atomic mass is 35.5. The molecule has 0 bridgehead atoms. The van der Waals surface area contributed by atoms with Crippen LogP contribution in [0.15, 0.2) is 85.2 Å². The number of aryl methyl sites for hydroxylation is 1. The maximum absolute atomic E-state index is 12.3. The fourth-order valence-electron chi connectivity index (χ4n) is 2.73. The highest BCUT2D eigenvalue weighted by molar-refractivity contribution is 6.05. The molecule has 132 valence electrons. The summed E-state index contributed by atoms with van der Waals surface area (Å²) in [5, 5.41) is 0. The van der Waals surface area contributed by atoms with E-state index in [9.17, 15) is 4.79 Å². The van der Waals surface area contributed by atoms with Crippen LogP contribution in [0.5, 0.6) is 0 Å². The van der Waals surface area contributed by atoms with Crippen LogP contribution in [0.1, 0.15) is 34.0 Å². The lowest BCUT2D eigenvalue weighted by Crippen LogP contribution is -3.00. The first-order chi connectivity index (χ1) is 12.2. The summed E-state index contributed by atoms with van der Waals surface area (Å²) in [4.78, 5) is 12.3. The molecule has 3 heteroatoms. The van der Waals surface area contributed by atoms with Crippen LogP contribution in [0.2, 0.25) is 0 Å². The molecule has 0 aliphatic rings. The zero-order valence-corrected chi connectivity index (χ0v) is 15.6. The molecule has 0 radical (unpaired) electrons. The van der Waals surface area contributed by atoms with E-state index in [0.29, 0.717) is 0 Å². The maximum atomic E-state index is 12.3. The topological polar surface area (TPSA) is 20.9 Å². The molecule has 0 N–H and O–H groups in total. The van der Waals surface area contributed by atoms with E-state index < -0.39 is 0 Å². The number of carbonyl (C=O) groups is 1. The number of rotatable bonds is 6. The number of aromatic nitrogens is 1. The van der Waals surface area contributed by atoms with Crippen molar-refractivity contribution in [3.8, 4) is 0 Å². The van der Waals surface area contributed by atoms with Crippen molar-refractivity contribution in [3.05, 3.63) is 107 Å². The average Bonchev–Trinajstić information content (AvgIpc) is 2.67. The molecular weight excluding hydrogens is 342 g/mol. The van der Waals surface area contributed by atoms with Crippen molar-refractivity contribution in [1.29, 1.82) is 0 Å². The number of hydrogen-bond acceptors (Lipinski definition) is 1. The Morgan fingerprint density at radius 1 is 0.885 bits per heavy atom. The van der Waals surface area contributed by atoms with E-state index in [2.05, 4.69) is 43.5 Å². The molecular formula is C23H22ClNO. The fraction of sp³-hybridized carbons (Fsp3) is 0.130. The zero-order valence-electron chi connectivity index (χ0n) is 14.8. The summed E-state index contributed by atoms with van der Waals surface area (Å²) >= 11 is 0. The molecule has 1 aromatic heterocycles. The van der Waals surface area contributed by atoms with Gasteiger partial charge in [0.05, 0.1) is 6.08 Å². The van der Waals surface area contributed by atoms with Crippen LogP contribution in [0, 0.1) is 0 Å². The highest BCUT2D eigenvalue weighted by Crippen LogP contribution is 2.08. The van der Waals surface area contributed by atoms with Crippen molar-refractivity contribution in [2.75, 3.05) is 0 Å². The molecule has 1 heterocycles. The normalized spacial score (nSPS) is 10.5. The summed E-state index contributed by atoms with van der Waals surface area (Å²) in [6.07, 6.45) is 9.28. The molecule has 3 rings (SSSR count). The van der Waals surface area contributed by atoms with Crippen molar-refractivity contribution in [1.82, 2.24) is 0 Å². The Morgan fingerprint density at radius 2 is 1.58 bits per heavy atom. The van der Waals surface area contributed by atoms with Crippen molar-refractivity contribution in [2.24, 2.45) is 0 Å². The van der Waals surface area contributed by atoms with E-state index in [4.69, 9.17) is 0 Å². The minimum absolute atomic E-state index is 0. The number of nitrogens with zero attached hydrogens (tertiary/aromatic N) is 1. The Morgan fingerprint density at radius 3 is 2.27 bits per heavy atom. The Hall–Kier alpha value is -2.71. The summed E-state index contributed by atoms with van der Waals surface area (Å²) in [6, 6.07) is 22.3. The number of benzene rings is 2. The van der Waals surface area contributed by atoms with Gasteiger partial charge in [-0.2, -0.15) is 4.57 Å². The third-order valence-corrected chi connectivity index (χ3v) is 4.18. The van der Waals surface area contributed by atoms with Crippen LogP contribution < -0.4 is 17.0 Å². The van der Waals surface area contributed by atoms with Crippen molar-refractivity contribution < 1.29 is 21.8 Å². The van der Waals surface area contributed by atoms with Crippen LogP contribution in [0.3, 0.4) is 0 Å². The third-order valence-electron chi connectivity index (χ3n) is 4.18. The van der Waals surface area contributed by atoms with Crippen LogP contribution in [0.25, 0.3) is 6.20 Å². The van der Waals surface area contributed by atoms with Crippen molar-refractivity contribution >= 4 is 12.0 Å². The summed E-state index contributed by atoms with van der Waals surface area (Å²) < 4.78 is 1.93. The lowest BCUT2D eigenvalue weighted by atomic mass is 10.1. The second-order valence-corrected chi connectivity index (χ2v) is 6.05. The van der Waals surface area contributed by atoms with Gasteiger partial charge in [-0.3, -0.25) is 4.79 Å². The first-order valence-corrected chi connectivity index (χ1v) is 8.59. The Labute approximate surface area is 161 Å². The standard InChI is InChI=1S/C23H22NO.ClH/c1-2-19-10-12-22(13-11-19)23(25)14-16-24-15-6-9-21(18-24)17-20-7-4-3-5-8-20;/h3-16,18H,2,17H2,1H3;1H/q+1;/p-1/b16-14+;. The molecule has 0 saturated carbocycles. The van der Waals surface area contributed by atoms with Gasteiger partial charge in [0.2, 0.25) is 0 Å². The number of halogens is 1. The van der Waals surface area contributed by atoms with E-state index in [1.54, 1.807) is 6.08 Å². The number of ketones is 1. The molecule has 0 aliphatic carbocycles. The first-order valence-electron chi connectivity index (χ1n) is 8.59. The van der Waals surface area contributed by atoms with Gasteiger partial charge in [-0.1, -0.05) is 61.5 Å². The Bertz CT molecular complexity index is 870. The largest absolute Gasteiger partial charge is 1.00 e. The molecule has 26 heavy (non-hydrogen) atoms.